The van der Waals surface area contributed by atoms with Gasteiger partial charge in [-0.2, -0.15) is 0 Å². The van der Waals surface area contributed by atoms with E-state index in [4.69, 9.17) is 17.0 Å². The highest BCUT2D eigenvalue weighted by Gasteiger charge is 2.13. The van der Waals surface area contributed by atoms with Crippen molar-refractivity contribution in [3.8, 4) is 16.3 Å². The number of fused-ring (bicyclic) bond motifs is 1. The average molecular weight is 438 g/mol. The van der Waals surface area contributed by atoms with E-state index in [0.29, 0.717) is 11.4 Å². The standard InChI is InChI=1S/C22H16FN3O2S2/c1-28-18-10-9-14(21-24-16-7-2-3-8-19(16)30-21)12-17(18)25-22(29)26-20(27)13-5-4-6-15(23)11-13/h2-12H,1H3,(H2,25,26,27,29). The number of thiocarbonyl (C=S) groups is 1. The normalized spacial score (nSPS) is 10.6. The van der Waals surface area contributed by atoms with Crippen molar-refractivity contribution < 1.29 is 13.9 Å². The first-order valence-electron chi connectivity index (χ1n) is 8.95. The van der Waals surface area contributed by atoms with Gasteiger partial charge in [0.15, 0.2) is 5.11 Å². The monoisotopic (exact) mass is 437 g/mol. The molecule has 8 heteroatoms. The summed E-state index contributed by atoms with van der Waals surface area (Å²) in [4.78, 5) is 17.0. The minimum absolute atomic E-state index is 0.0732. The zero-order valence-electron chi connectivity index (χ0n) is 15.8. The highest BCUT2D eigenvalue weighted by Crippen LogP contribution is 2.34. The Hall–Kier alpha value is -3.36. The predicted octanol–water partition coefficient (Wildman–Crippen LogP) is 5.24. The molecule has 4 rings (SSSR count). The van der Waals surface area contributed by atoms with E-state index in [9.17, 15) is 9.18 Å². The molecule has 2 N–H and O–H groups in total. The molecule has 3 aromatic carbocycles. The van der Waals surface area contributed by atoms with Crippen LogP contribution in [0.4, 0.5) is 10.1 Å². The van der Waals surface area contributed by atoms with E-state index in [1.807, 2.05) is 36.4 Å². The Morgan fingerprint density at radius 3 is 2.70 bits per heavy atom. The van der Waals surface area contributed by atoms with Gasteiger partial charge in [0.25, 0.3) is 5.91 Å². The summed E-state index contributed by atoms with van der Waals surface area (Å²) < 4.78 is 19.8. The summed E-state index contributed by atoms with van der Waals surface area (Å²) in [6.45, 7) is 0. The van der Waals surface area contributed by atoms with Crippen molar-refractivity contribution in [2.45, 2.75) is 0 Å². The van der Waals surface area contributed by atoms with Crippen molar-refractivity contribution in [1.29, 1.82) is 0 Å². The molecule has 1 aromatic heterocycles. The molecule has 0 atom stereocenters. The van der Waals surface area contributed by atoms with Crippen LogP contribution in [0.25, 0.3) is 20.8 Å². The molecule has 0 aliphatic heterocycles. The molecule has 0 aliphatic carbocycles. The van der Waals surface area contributed by atoms with Crippen LogP contribution in [0.3, 0.4) is 0 Å². The number of nitrogens with zero attached hydrogens (tertiary/aromatic N) is 1. The molecule has 30 heavy (non-hydrogen) atoms. The van der Waals surface area contributed by atoms with Gasteiger partial charge in [-0.3, -0.25) is 10.1 Å². The molecule has 0 radical (unpaired) electrons. The van der Waals surface area contributed by atoms with Crippen LogP contribution < -0.4 is 15.4 Å². The number of amides is 1. The minimum Gasteiger partial charge on any atom is -0.495 e. The van der Waals surface area contributed by atoms with Crippen LogP contribution in [0.15, 0.2) is 66.7 Å². The SMILES string of the molecule is COc1ccc(-c2nc3ccccc3s2)cc1NC(=S)NC(=O)c1cccc(F)c1. The quantitative estimate of drug-likeness (QED) is 0.428. The summed E-state index contributed by atoms with van der Waals surface area (Å²) in [5.41, 5.74) is 2.58. The highest BCUT2D eigenvalue weighted by molar-refractivity contribution is 7.80. The molecule has 5 nitrogen and oxygen atoms in total. The summed E-state index contributed by atoms with van der Waals surface area (Å²) in [5.74, 6) is -0.442. The van der Waals surface area contributed by atoms with Crippen LogP contribution in [0, 0.1) is 5.82 Å². The van der Waals surface area contributed by atoms with Gasteiger partial charge in [0.2, 0.25) is 0 Å². The minimum atomic E-state index is -0.506. The maximum absolute atomic E-state index is 13.3. The van der Waals surface area contributed by atoms with Gasteiger partial charge in [0.05, 0.1) is 23.0 Å². The first kappa shape index (κ1) is 19.9. The second kappa shape index (κ2) is 8.56. The Kier molecular flexibility index (Phi) is 5.69. The smallest absolute Gasteiger partial charge is 0.257 e. The lowest BCUT2D eigenvalue weighted by atomic mass is 10.2. The van der Waals surface area contributed by atoms with Gasteiger partial charge in [-0.1, -0.05) is 18.2 Å². The van der Waals surface area contributed by atoms with E-state index in [1.54, 1.807) is 24.5 Å². The van der Waals surface area contributed by atoms with Crippen LogP contribution in [0.2, 0.25) is 0 Å². The maximum Gasteiger partial charge on any atom is 0.257 e. The molecular formula is C22H16FN3O2S2. The fourth-order valence-corrected chi connectivity index (χ4v) is 4.06. The van der Waals surface area contributed by atoms with Gasteiger partial charge < -0.3 is 10.1 Å². The topological polar surface area (TPSA) is 63.2 Å². The summed E-state index contributed by atoms with van der Waals surface area (Å²) >= 11 is 6.84. The number of ether oxygens (including phenoxy) is 1. The zero-order chi connectivity index (χ0) is 21.1. The van der Waals surface area contributed by atoms with Crippen molar-refractivity contribution in [3.63, 3.8) is 0 Å². The molecule has 0 bridgehead atoms. The summed E-state index contributed by atoms with van der Waals surface area (Å²) in [6, 6.07) is 18.9. The number of carbonyl (C=O) groups is 1. The Morgan fingerprint density at radius 2 is 1.93 bits per heavy atom. The van der Waals surface area contributed by atoms with Crippen molar-refractivity contribution >= 4 is 50.5 Å². The molecule has 150 valence electrons. The Bertz CT molecular complexity index is 1220. The lowest BCUT2D eigenvalue weighted by molar-refractivity contribution is 0.0977. The number of carbonyl (C=O) groups excluding carboxylic acids is 1. The summed E-state index contributed by atoms with van der Waals surface area (Å²) in [5, 5.41) is 6.46. The van der Waals surface area contributed by atoms with Crippen molar-refractivity contribution in [1.82, 2.24) is 10.3 Å². The summed E-state index contributed by atoms with van der Waals surface area (Å²) in [6.07, 6.45) is 0. The Balaban J connectivity index is 1.56. The zero-order valence-corrected chi connectivity index (χ0v) is 17.4. The van der Waals surface area contributed by atoms with Gasteiger partial charge in [0, 0.05) is 11.1 Å². The van der Waals surface area contributed by atoms with Crippen LogP contribution in [-0.2, 0) is 0 Å². The average Bonchev–Trinajstić information content (AvgIpc) is 3.18. The first-order chi connectivity index (χ1) is 14.5. The van der Waals surface area contributed by atoms with Crippen molar-refractivity contribution in [2.75, 3.05) is 12.4 Å². The number of anilines is 1. The van der Waals surface area contributed by atoms with Crippen LogP contribution in [-0.4, -0.2) is 23.1 Å². The van der Waals surface area contributed by atoms with E-state index >= 15 is 0 Å². The molecule has 1 heterocycles. The third kappa shape index (κ3) is 4.29. The Labute approximate surface area is 181 Å². The number of halogens is 1. The van der Waals surface area contributed by atoms with Gasteiger partial charge >= 0.3 is 0 Å². The molecular weight excluding hydrogens is 421 g/mol. The summed E-state index contributed by atoms with van der Waals surface area (Å²) in [7, 11) is 1.55. The molecule has 0 saturated heterocycles. The third-order valence-corrected chi connectivity index (χ3v) is 5.59. The number of rotatable bonds is 4. The largest absolute Gasteiger partial charge is 0.495 e. The molecule has 0 fully saturated rings. The number of benzene rings is 3. The first-order valence-corrected chi connectivity index (χ1v) is 10.2. The van der Waals surface area contributed by atoms with Crippen LogP contribution in [0.1, 0.15) is 10.4 Å². The van der Waals surface area contributed by atoms with Gasteiger partial charge in [0.1, 0.15) is 16.6 Å². The van der Waals surface area contributed by atoms with Crippen molar-refractivity contribution in [2.24, 2.45) is 0 Å². The second-order valence-electron chi connectivity index (χ2n) is 6.32. The number of para-hydroxylation sites is 1. The van der Waals surface area contributed by atoms with Crippen LogP contribution >= 0.6 is 23.6 Å². The molecule has 0 aliphatic rings. The Morgan fingerprint density at radius 1 is 1.10 bits per heavy atom. The predicted molar refractivity (Wildman–Crippen MR) is 122 cm³/mol. The number of nitrogens with one attached hydrogen (secondary N) is 2. The molecule has 0 spiro atoms. The number of aromatic nitrogens is 1. The van der Waals surface area contributed by atoms with Gasteiger partial charge in [-0.05, 0) is 60.7 Å². The number of thiazole rings is 1. The maximum atomic E-state index is 13.3. The van der Waals surface area contributed by atoms with Crippen molar-refractivity contribution in [3.05, 3.63) is 78.1 Å². The van der Waals surface area contributed by atoms with Gasteiger partial charge in [-0.25, -0.2) is 9.37 Å². The number of hydrogen-bond donors (Lipinski definition) is 2. The van der Waals surface area contributed by atoms with E-state index < -0.39 is 11.7 Å². The highest BCUT2D eigenvalue weighted by atomic mass is 32.1. The van der Waals surface area contributed by atoms with E-state index in [2.05, 4.69) is 15.6 Å². The fraction of sp³-hybridized carbons (Fsp3) is 0.0455. The molecule has 4 aromatic rings. The number of hydrogen-bond acceptors (Lipinski definition) is 5. The second-order valence-corrected chi connectivity index (χ2v) is 7.76. The van der Waals surface area contributed by atoms with E-state index in [0.717, 1.165) is 26.9 Å². The number of methoxy groups -OCH3 is 1. The lowest BCUT2D eigenvalue weighted by Crippen LogP contribution is -2.34. The third-order valence-electron chi connectivity index (χ3n) is 4.30. The van der Waals surface area contributed by atoms with E-state index in [-0.39, 0.29) is 10.7 Å². The van der Waals surface area contributed by atoms with E-state index in [1.165, 1.54) is 18.2 Å². The van der Waals surface area contributed by atoms with Gasteiger partial charge in [-0.15, -0.1) is 11.3 Å². The molecule has 0 unspecified atom stereocenters. The van der Waals surface area contributed by atoms with Crippen LogP contribution in [0.5, 0.6) is 5.75 Å². The lowest BCUT2D eigenvalue weighted by Gasteiger charge is -2.14. The molecule has 0 saturated carbocycles. The molecule has 1 amide bonds. The fourth-order valence-electron chi connectivity index (χ4n) is 2.89.